The van der Waals surface area contributed by atoms with E-state index in [0.29, 0.717) is 6.04 Å². The van der Waals surface area contributed by atoms with Crippen LogP contribution in [0, 0.1) is 0 Å². The highest BCUT2D eigenvalue weighted by Gasteiger charge is 2.28. The lowest BCUT2D eigenvalue weighted by Gasteiger charge is -2.42. The summed E-state index contributed by atoms with van der Waals surface area (Å²) in [6.45, 7) is 3.18. The van der Waals surface area contributed by atoms with E-state index in [1.54, 1.807) is 0 Å². The van der Waals surface area contributed by atoms with E-state index in [2.05, 4.69) is 46.5 Å². The summed E-state index contributed by atoms with van der Waals surface area (Å²) in [5.74, 6) is 0. The molecule has 20 heavy (non-hydrogen) atoms. The molecule has 4 heteroatoms. The fourth-order valence-electron chi connectivity index (χ4n) is 2.86. The van der Waals surface area contributed by atoms with Gasteiger partial charge in [0, 0.05) is 35.8 Å². The maximum absolute atomic E-state index is 9.58. The average molecular weight is 288 g/mol. The highest BCUT2D eigenvalue weighted by Crippen LogP contribution is 2.34. The molecule has 0 unspecified atom stereocenters. The highest BCUT2D eigenvalue weighted by atomic mass is 32.1. The summed E-state index contributed by atoms with van der Waals surface area (Å²) in [4.78, 5) is 6.21. The Kier molecular flexibility index (Phi) is 4.05. The molecule has 1 atom stereocenters. The van der Waals surface area contributed by atoms with Gasteiger partial charge in [0.25, 0.3) is 0 Å². The van der Waals surface area contributed by atoms with E-state index in [0.717, 1.165) is 25.2 Å². The largest absolute Gasteiger partial charge is 0.392 e. The fourth-order valence-corrected chi connectivity index (χ4v) is 3.69. The molecule has 0 amide bonds. The van der Waals surface area contributed by atoms with Crippen LogP contribution in [-0.2, 0) is 6.61 Å². The van der Waals surface area contributed by atoms with Crippen LogP contribution in [0.4, 0.5) is 5.69 Å². The number of likely N-dealkylation sites (N-methyl/N-ethyl adjacent to an activating group) is 1. The number of piperazine rings is 1. The Morgan fingerprint density at radius 1 is 1.20 bits per heavy atom. The number of benzene rings is 1. The molecule has 0 radical (unpaired) electrons. The molecule has 1 fully saturated rings. The zero-order valence-corrected chi connectivity index (χ0v) is 12.5. The first-order valence-electron chi connectivity index (χ1n) is 6.97. The molecule has 0 saturated carbocycles. The van der Waals surface area contributed by atoms with Gasteiger partial charge in [0.15, 0.2) is 0 Å². The van der Waals surface area contributed by atoms with Crippen molar-refractivity contribution >= 4 is 17.0 Å². The Morgan fingerprint density at radius 2 is 2.05 bits per heavy atom. The second kappa shape index (κ2) is 5.95. The highest BCUT2D eigenvalue weighted by molar-refractivity contribution is 7.10. The van der Waals surface area contributed by atoms with E-state index in [1.807, 2.05) is 23.5 Å². The summed E-state index contributed by atoms with van der Waals surface area (Å²) >= 11 is 1.81. The normalized spacial score (nSPS) is 20.3. The lowest BCUT2D eigenvalue weighted by molar-refractivity contribution is 0.265. The molecule has 3 rings (SSSR count). The number of nitrogens with zero attached hydrogens (tertiary/aromatic N) is 2. The predicted molar refractivity (Wildman–Crippen MR) is 84.3 cm³/mol. The minimum Gasteiger partial charge on any atom is -0.392 e. The topological polar surface area (TPSA) is 26.7 Å². The van der Waals surface area contributed by atoms with Gasteiger partial charge in [0.05, 0.1) is 12.6 Å². The van der Waals surface area contributed by atoms with Crippen LogP contribution in [-0.4, -0.2) is 36.7 Å². The molecular formula is C16H20N2OS. The second-order valence-electron chi connectivity index (χ2n) is 5.27. The van der Waals surface area contributed by atoms with Crippen molar-refractivity contribution < 1.29 is 5.11 Å². The standard InChI is InChI=1S/C16H20N2OS/c1-17-8-9-18(14-6-3-2-5-13(14)12-19)15(11-17)16-7-4-10-20-16/h2-7,10,15,19H,8-9,11-12H2,1H3/t15-/m0/s1. The third-order valence-electron chi connectivity index (χ3n) is 3.93. The lowest BCUT2D eigenvalue weighted by atomic mass is 10.1. The van der Waals surface area contributed by atoms with E-state index in [1.165, 1.54) is 10.6 Å². The van der Waals surface area contributed by atoms with Crippen LogP contribution in [0.2, 0.25) is 0 Å². The molecular weight excluding hydrogens is 268 g/mol. The summed E-state index contributed by atoms with van der Waals surface area (Å²) < 4.78 is 0. The molecule has 3 nitrogen and oxygen atoms in total. The van der Waals surface area contributed by atoms with Crippen LogP contribution in [0.3, 0.4) is 0 Å². The Hall–Kier alpha value is -1.36. The minimum atomic E-state index is 0.0969. The van der Waals surface area contributed by atoms with Gasteiger partial charge in [-0.05, 0) is 24.6 Å². The van der Waals surface area contributed by atoms with Crippen LogP contribution in [0.5, 0.6) is 0 Å². The molecule has 106 valence electrons. The van der Waals surface area contributed by atoms with Crippen molar-refractivity contribution in [1.82, 2.24) is 4.90 Å². The molecule has 1 aromatic carbocycles. The smallest absolute Gasteiger partial charge is 0.0762 e. The molecule has 1 aliphatic heterocycles. The Labute approximate surface area is 124 Å². The van der Waals surface area contributed by atoms with E-state index < -0.39 is 0 Å². The molecule has 0 spiro atoms. The fraction of sp³-hybridized carbons (Fsp3) is 0.375. The maximum atomic E-state index is 9.58. The predicted octanol–water partition coefficient (Wildman–Crippen LogP) is 2.73. The van der Waals surface area contributed by atoms with Crippen molar-refractivity contribution in [2.24, 2.45) is 0 Å². The van der Waals surface area contributed by atoms with E-state index in [4.69, 9.17) is 0 Å². The van der Waals surface area contributed by atoms with Gasteiger partial charge in [-0.3, -0.25) is 0 Å². The average Bonchev–Trinajstić information content (AvgIpc) is 3.01. The molecule has 2 aromatic rings. The van der Waals surface area contributed by atoms with E-state index in [9.17, 15) is 5.11 Å². The first kappa shape index (κ1) is 13.6. The Balaban J connectivity index is 1.97. The van der Waals surface area contributed by atoms with Crippen molar-refractivity contribution in [3.63, 3.8) is 0 Å². The van der Waals surface area contributed by atoms with Crippen molar-refractivity contribution in [3.8, 4) is 0 Å². The van der Waals surface area contributed by atoms with Crippen molar-refractivity contribution in [2.75, 3.05) is 31.6 Å². The molecule has 0 bridgehead atoms. The monoisotopic (exact) mass is 288 g/mol. The van der Waals surface area contributed by atoms with Gasteiger partial charge in [-0.25, -0.2) is 0 Å². The van der Waals surface area contributed by atoms with Crippen LogP contribution < -0.4 is 4.90 Å². The number of aliphatic hydroxyl groups excluding tert-OH is 1. The summed E-state index contributed by atoms with van der Waals surface area (Å²) in [5, 5.41) is 11.7. The van der Waals surface area contributed by atoms with Gasteiger partial charge in [0.2, 0.25) is 0 Å². The van der Waals surface area contributed by atoms with Crippen molar-refractivity contribution in [1.29, 1.82) is 0 Å². The van der Waals surface area contributed by atoms with Gasteiger partial charge in [-0.1, -0.05) is 24.3 Å². The second-order valence-corrected chi connectivity index (χ2v) is 6.25. The lowest BCUT2D eigenvalue weighted by Crippen LogP contribution is -2.47. The van der Waals surface area contributed by atoms with E-state index in [-0.39, 0.29) is 6.61 Å². The first-order chi connectivity index (χ1) is 9.79. The molecule has 2 heterocycles. The number of rotatable bonds is 3. The molecule has 1 saturated heterocycles. The number of thiophene rings is 1. The molecule has 1 N–H and O–H groups in total. The van der Waals surface area contributed by atoms with Crippen LogP contribution in [0.15, 0.2) is 41.8 Å². The van der Waals surface area contributed by atoms with Gasteiger partial charge < -0.3 is 14.9 Å². The number of hydrogen-bond acceptors (Lipinski definition) is 4. The quantitative estimate of drug-likeness (QED) is 0.941. The summed E-state index contributed by atoms with van der Waals surface area (Å²) in [6.07, 6.45) is 0. The number of aliphatic hydroxyl groups is 1. The first-order valence-corrected chi connectivity index (χ1v) is 7.85. The third-order valence-corrected chi connectivity index (χ3v) is 4.90. The maximum Gasteiger partial charge on any atom is 0.0762 e. The molecule has 1 aromatic heterocycles. The van der Waals surface area contributed by atoms with Crippen LogP contribution >= 0.6 is 11.3 Å². The third kappa shape index (κ3) is 2.59. The van der Waals surface area contributed by atoms with Gasteiger partial charge in [-0.2, -0.15) is 0 Å². The Morgan fingerprint density at radius 3 is 2.80 bits per heavy atom. The number of anilines is 1. The van der Waals surface area contributed by atoms with Crippen LogP contribution in [0.25, 0.3) is 0 Å². The molecule has 1 aliphatic rings. The summed E-state index contributed by atoms with van der Waals surface area (Å²) in [7, 11) is 2.18. The van der Waals surface area contributed by atoms with Gasteiger partial charge in [-0.15, -0.1) is 11.3 Å². The number of para-hydroxylation sites is 1. The van der Waals surface area contributed by atoms with Crippen molar-refractivity contribution in [3.05, 3.63) is 52.2 Å². The Bertz CT molecular complexity index is 555. The summed E-state index contributed by atoms with van der Waals surface area (Å²) in [6, 6.07) is 12.9. The van der Waals surface area contributed by atoms with Crippen molar-refractivity contribution in [2.45, 2.75) is 12.6 Å². The SMILES string of the molecule is CN1CCN(c2ccccc2CO)[C@H](c2cccs2)C1. The van der Waals surface area contributed by atoms with E-state index >= 15 is 0 Å². The van der Waals surface area contributed by atoms with Gasteiger partial charge in [0.1, 0.15) is 0 Å². The summed E-state index contributed by atoms with van der Waals surface area (Å²) in [5.41, 5.74) is 2.18. The van der Waals surface area contributed by atoms with Crippen LogP contribution in [0.1, 0.15) is 16.5 Å². The minimum absolute atomic E-state index is 0.0969. The molecule has 0 aliphatic carbocycles. The van der Waals surface area contributed by atoms with Gasteiger partial charge >= 0.3 is 0 Å². The zero-order valence-electron chi connectivity index (χ0n) is 11.7. The number of hydrogen-bond donors (Lipinski definition) is 1. The zero-order chi connectivity index (χ0) is 13.9.